The summed E-state index contributed by atoms with van der Waals surface area (Å²) in [5.74, 6) is -0.402. The van der Waals surface area contributed by atoms with Crippen molar-refractivity contribution in [2.24, 2.45) is 7.05 Å². The molecule has 0 bridgehead atoms. The predicted molar refractivity (Wildman–Crippen MR) is 128 cm³/mol. The number of nitrogens with two attached hydrogens (primary N) is 1. The van der Waals surface area contributed by atoms with E-state index in [1.165, 1.54) is 19.2 Å². The lowest BCUT2D eigenvalue weighted by Gasteiger charge is -2.30. The van der Waals surface area contributed by atoms with Gasteiger partial charge in [0, 0.05) is 39.4 Å². The summed E-state index contributed by atoms with van der Waals surface area (Å²) >= 11 is 0. The number of H-pyrrole nitrogens is 1. The highest BCUT2D eigenvalue weighted by molar-refractivity contribution is 7.92. The van der Waals surface area contributed by atoms with Crippen LogP contribution in [0.5, 0.6) is 0 Å². The Balaban J connectivity index is 1.81. The quantitative estimate of drug-likeness (QED) is 0.302. The highest BCUT2D eigenvalue weighted by Crippen LogP contribution is 2.38. The smallest absolute Gasteiger partial charge is 0.399 e. The average molecular weight is 529 g/mol. The van der Waals surface area contributed by atoms with E-state index in [0.29, 0.717) is 0 Å². The maximum atomic E-state index is 15.8. The normalized spacial score (nSPS) is 23.5. The fourth-order valence-corrected chi connectivity index (χ4v) is 5.78. The number of aryl methyl sites for hydroxylation is 1. The number of nitrogens with one attached hydrogen (secondary N) is 3. The average Bonchev–Trinajstić information content (AvgIpc) is 2.78. The number of fused-ring (bicyclic) bond motifs is 1. The van der Waals surface area contributed by atoms with Crippen LogP contribution in [0.1, 0.15) is 42.5 Å². The van der Waals surface area contributed by atoms with E-state index in [1.807, 2.05) is 0 Å². The molecule has 194 valence electrons. The maximum Gasteiger partial charge on any atom is 0.416 e. The second kappa shape index (κ2) is 8.61. The van der Waals surface area contributed by atoms with E-state index in [9.17, 15) is 27.0 Å². The van der Waals surface area contributed by atoms with E-state index in [1.54, 1.807) is 6.92 Å². The molecular formula is C22H24F4N6O3S. The van der Waals surface area contributed by atoms with Crippen LogP contribution in [-0.4, -0.2) is 30.5 Å². The summed E-state index contributed by atoms with van der Waals surface area (Å²) in [6.07, 6.45) is -5.21. The first-order valence-corrected chi connectivity index (χ1v) is 12.8. The molecular weight excluding hydrogens is 504 g/mol. The van der Waals surface area contributed by atoms with Gasteiger partial charge in [-0.05, 0) is 49.6 Å². The number of benzene rings is 1. The van der Waals surface area contributed by atoms with E-state index in [0.717, 1.165) is 16.8 Å². The Hall–Kier alpha value is -3.42. The minimum absolute atomic E-state index is 0.0248. The first-order valence-electron chi connectivity index (χ1n) is 10.9. The molecule has 36 heavy (non-hydrogen) atoms. The van der Waals surface area contributed by atoms with E-state index >= 15 is 4.39 Å². The van der Waals surface area contributed by atoms with Gasteiger partial charge in [-0.25, -0.2) is 13.3 Å². The lowest BCUT2D eigenvalue weighted by atomic mass is 9.90. The molecule has 9 nitrogen and oxygen atoms in total. The summed E-state index contributed by atoms with van der Waals surface area (Å²) < 4.78 is 76.2. The summed E-state index contributed by atoms with van der Waals surface area (Å²) in [6, 6.07) is 3.52. The van der Waals surface area contributed by atoms with Crippen LogP contribution >= 0.6 is 0 Å². The van der Waals surface area contributed by atoms with Gasteiger partial charge >= 0.3 is 6.18 Å². The van der Waals surface area contributed by atoms with Gasteiger partial charge in [0.05, 0.1) is 17.2 Å². The third-order valence-electron chi connectivity index (χ3n) is 6.35. The third-order valence-corrected chi connectivity index (χ3v) is 8.08. The molecule has 14 heteroatoms. The molecule has 2 aromatic heterocycles. The number of anilines is 2. The highest BCUT2D eigenvalue weighted by atomic mass is 32.2. The zero-order valence-electron chi connectivity index (χ0n) is 19.3. The van der Waals surface area contributed by atoms with Crippen molar-refractivity contribution in [3.05, 3.63) is 61.7 Å². The Morgan fingerprint density at radius 3 is 2.47 bits per heavy atom. The highest BCUT2D eigenvalue weighted by Gasteiger charge is 2.40. The van der Waals surface area contributed by atoms with Crippen molar-refractivity contribution in [1.82, 2.24) is 14.8 Å². The molecule has 3 heterocycles. The number of nitrogens with zero attached hydrogens (tertiary/aromatic N) is 2. The second-order valence-electron chi connectivity index (χ2n) is 9.02. The minimum Gasteiger partial charge on any atom is -0.399 e. The Bertz CT molecular complexity index is 1570. The summed E-state index contributed by atoms with van der Waals surface area (Å²) in [5, 5.41) is 7.14. The van der Waals surface area contributed by atoms with Crippen molar-refractivity contribution in [2.45, 2.75) is 37.7 Å². The third kappa shape index (κ3) is 4.81. The number of hydrogen-bond acceptors (Lipinski definition) is 7. The van der Waals surface area contributed by atoms with E-state index in [4.69, 9.17) is 10.5 Å². The molecule has 4 rings (SSSR count). The van der Waals surface area contributed by atoms with Gasteiger partial charge in [0.25, 0.3) is 11.1 Å². The van der Waals surface area contributed by atoms with E-state index < -0.39 is 44.3 Å². The zero-order valence-corrected chi connectivity index (χ0v) is 20.1. The van der Waals surface area contributed by atoms with Crippen LogP contribution < -0.4 is 22.2 Å². The molecule has 1 fully saturated rings. The van der Waals surface area contributed by atoms with E-state index in [2.05, 4.69) is 15.4 Å². The number of hydrogen-bond donors (Lipinski definition) is 4. The van der Waals surface area contributed by atoms with Crippen LogP contribution in [-0.2, 0) is 28.6 Å². The molecule has 1 aromatic carbocycles. The first-order chi connectivity index (χ1) is 16.6. The molecule has 1 aliphatic rings. The van der Waals surface area contributed by atoms with Gasteiger partial charge in [0.1, 0.15) is 11.2 Å². The lowest BCUT2D eigenvalue weighted by molar-refractivity contribution is -0.137. The SMILES string of the molecule is C[C@@H](Nc1nn(C)c(=O)c2[nH]c(=O)c(C3(F)CCS(=N)(=O)CC3)cc12)c1cc(N)cc(C(F)(F)F)c1. The number of pyridine rings is 1. The van der Waals surface area contributed by atoms with Gasteiger partial charge in [-0.15, -0.1) is 0 Å². The number of alkyl halides is 4. The summed E-state index contributed by atoms with van der Waals surface area (Å²) in [5.41, 5.74) is 0.710. The predicted octanol–water partition coefficient (Wildman–Crippen LogP) is 3.40. The molecule has 1 aliphatic heterocycles. The van der Waals surface area contributed by atoms with Crippen LogP contribution in [0.4, 0.5) is 29.1 Å². The minimum atomic E-state index is -4.61. The Labute approximate surface area is 202 Å². The monoisotopic (exact) mass is 528 g/mol. The largest absolute Gasteiger partial charge is 0.416 e. The summed E-state index contributed by atoms with van der Waals surface area (Å²) in [6.45, 7) is 1.56. The molecule has 0 amide bonds. The van der Waals surface area contributed by atoms with Crippen LogP contribution in [0.3, 0.4) is 0 Å². The molecule has 5 N–H and O–H groups in total. The van der Waals surface area contributed by atoms with E-state index in [-0.39, 0.29) is 57.9 Å². The number of nitrogen functional groups attached to an aromatic ring is 1. The van der Waals surface area contributed by atoms with Crippen LogP contribution in [0.2, 0.25) is 0 Å². The molecule has 0 saturated carbocycles. The molecule has 0 unspecified atom stereocenters. The lowest BCUT2D eigenvalue weighted by Crippen LogP contribution is -2.37. The molecule has 0 aliphatic carbocycles. The van der Waals surface area contributed by atoms with Crippen molar-refractivity contribution >= 4 is 32.1 Å². The molecule has 1 atom stereocenters. The van der Waals surface area contributed by atoms with Crippen molar-refractivity contribution in [3.63, 3.8) is 0 Å². The van der Waals surface area contributed by atoms with Gasteiger partial charge in [-0.2, -0.15) is 18.3 Å². The van der Waals surface area contributed by atoms with Crippen molar-refractivity contribution < 1.29 is 21.8 Å². The summed E-state index contributed by atoms with van der Waals surface area (Å²) in [4.78, 5) is 27.8. The zero-order chi connectivity index (χ0) is 26.6. The van der Waals surface area contributed by atoms with Gasteiger partial charge in [-0.3, -0.25) is 14.4 Å². The van der Waals surface area contributed by atoms with Crippen molar-refractivity contribution in [1.29, 1.82) is 4.78 Å². The number of aromatic nitrogens is 3. The Kier molecular flexibility index (Phi) is 6.14. The molecule has 1 saturated heterocycles. The van der Waals surface area contributed by atoms with Crippen LogP contribution in [0.15, 0.2) is 33.9 Å². The van der Waals surface area contributed by atoms with Gasteiger partial charge in [-0.1, -0.05) is 0 Å². The fraction of sp³-hybridized carbons (Fsp3) is 0.409. The summed E-state index contributed by atoms with van der Waals surface area (Å²) in [7, 11) is -1.59. The topological polar surface area (TPSA) is 147 Å². The van der Waals surface area contributed by atoms with Gasteiger partial charge in [0.2, 0.25) is 0 Å². The van der Waals surface area contributed by atoms with Crippen LogP contribution in [0, 0.1) is 4.78 Å². The number of rotatable bonds is 4. The number of halogens is 4. The van der Waals surface area contributed by atoms with Crippen LogP contribution in [0.25, 0.3) is 10.9 Å². The van der Waals surface area contributed by atoms with Gasteiger partial charge < -0.3 is 16.0 Å². The molecule has 0 spiro atoms. The van der Waals surface area contributed by atoms with Crippen molar-refractivity contribution in [2.75, 3.05) is 22.6 Å². The van der Waals surface area contributed by atoms with Gasteiger partial charge in [0.15, 0.2) is 5.82 Å². The second-order valence-corrected chi connectivity index (χ2v) is 11.5. The fourth-order valence-electron chi connectivity index (χ4n) is 4.26. The maximum absolute atomic E-state index is 15.8. The molecule has 0 radical (unpaired) electrons. The Morgan fingerprint density at radius 2 is 1.86 bits per heavy atom. The standard InChI is InChI=1S/C22H24F4N6O3S/c1-11(12-7-13(22(24,25)26)9-14(27)8-12)29-18-15-10-16(21(23)3-5-36(28,35)6-4-21)19(33)30-17(15)20(34)32(2)31-18/h7-11,28H,3-6,27H2,1-2H3,(H,29,31)(H,30,33)/t11-,21?,36?/m1/s1. The molecule has 3 aromatic rings. The van der Waals surface area contributed by atoms with Crippen molar-refractivity contribution in [3.8, 4) is 0 Å². The Morgan fingerprint density at radius 1 is 1.22 bits per heavy atom. The first kappa shape index (κ1) is 25.7. The number of aromatic amines is 1.